The largest absolute Gasteiger partial charge is 0.354 e. The van der Waals surface area contributed by atoms with E-state index in [0.29, 0.717) is 29.5 Å². The van der Waals surface area contributed by atoms with E-state index in [1.807, 2.05) is 11.9 Å². The van der Waals surface area contributed by atoms with E-state index in [-0.39, 0.29) is 22.6 Å². The number of rotatable bonds is 5. The summed E-state index contributed by atoms with van der Waals surface area (Å²) in [7, 11) is 2.02. The van der Waals surface area contributed by atoms with E-state index in [1.165, 1.54) is 24.4 Å². The number of pyridine rings is 1. The molecule has 3 aromatic rings. The lowest BCUT2D eigenvalue weighted by atomic mass is 10.1. The SMILES string of the molecule is CN1CCN(C(=N)c2ccc(C(=O)Nc3ccccc3C(=O)Nc3ccc(Cl)cn3)c(F)c2)CC1. The summed E-state index contributed by atoms with van der Waals surface area (Å²) in [6.45, 7) is 3.02. The smallest absolute Gasteiger partial charge is 0.258 e. The molecule has 0 spiro atoms. The molecule has 4 rings (SSSR count). The maximum atomic E-state index is 14.9. The summed E-state index contributed by atoms with van der Waals surface area (Å²) in [6, 6.07) is 13.7. The van der Waals surface area contributed by atoms with Crippen LogP contribution in [0.4, 0.5) is 15.9 Å². The lowest BCUT2D eigenvalue weighted by Gasteiger charge is -2.34. The monoisotopic (exact) mass is 494 g/mol. The minimum absolute atomic E-state index is 0.186. The standard InChI is InChI=1S/C25H24ClFN6O2/c1-32-10-12-33(13-11-32)23(28)16-6-8-18(20(27)14-16)24(34)30-21-5-3-2-4-19(21)25(35)31-22-9-7-17(26)15-29-22/h2-9,14-15,28H,10-13H2,1H3,(H,30,34)(H,29,31,35). The normalized spacial score (nSPS) is 13.9. The molecule has 0 saturated carbocycles. The third-order valence-corrected chi connectivity index (χ3v) is 5.92. The molecule has 0 atom stereocenters. The number of hydrogen-bond donors (Lipinski definition) is 3. The molecule has 2 amide bonds. The van der Waals surface area contributed by atoms with E-state index in [0.717, 1.165) is 13.1 Å². The van der Waals surface area contributed by atoms with Crippen molar-refractivity contribution in [2.75, 3.05) is 43.9 Å². The second-order valence-corrected chi connectivity index (χ2v) is 8.59. The van der Waals surface area contributed by atoms with Gasteiger partial charge in [-0.3, -0.25) is 15.0 Å². The Morgan fingerprint density at radius 1 is 0.971 bits per heavy atom. The molecule has 1 aromatic heterocycles. The van der Waals surface area contributed by atoms with Gasteiger partial charge >= 0.3 is 0 Å². The maximum Gasteiger partial charge on any atom is 0.258 e. The Hall–Kier alpha value is -3.82. The maximum absolute atomic E-state index is 14.9. The van der Waals surface area contributed by atoms with Crippen LogP contribution in [0.3, 0.4) is 0 Å². The number of amides is 2. The number of para-hydroxylation sites is 1. The Kier molecular flexibility index (Phi) is 7.38. The van der Waals surface area contributed by atoms with Gasteiger partial charge in [0, 0.05) is 37.9 Å². The summed E-state index contributed by atoms with van der Waals surface area (Å²) >= 11 is 5.82. The number of halogens is 2. The summed E-state index contributed by atoms with van der Waals surface area (Å²) < 4.78 is 14.9. The zero-order valence-electron chi connectivity index (χ0n) is 19.0. The quantitative estimate of drug-likeness (QED) is 0.368. The molecule has 10 heteroatoms. The van der Waals surface area contributed by atoms with Crippen molar-refractivity contribution in [1.29, 1.82) is 5.41 Å². The average molecular weight is 495 g/mol. The van der Waals surface area contributed by atoms with Gasteiger partial charge < -0.3 is 20.4 Å². The summed E-state index contributed by atoms with van der Waals surface area (Å²) in [5.41, 5.74) is 0.623. The number of carbonyl (C=O) groups is 2. The summed E-state index contributed by atoms with van der Waals surface area (Å²) in [6.07, 6.45) is 1.40. The van der Waals surface area contributed by atoms with Crippen LogP contribution in [-0.4, -0.2) is 65.7 Å². The molecule has 0 bridgehead atoms. The van der Waals surface area contributed by atoms with E-state index in [2.05, 4.69) is 20.5 Å². The van der Waals surface area contributed by atoms with Crippen molar-refractivity contribution < 1.29 is 14.0 Å². The Balaban J connectivity index is 1.47. The first-order valence-electron chi connectivity index (χ1n) is 11.0. The van der Waals surface area contributed by atoms with Crippen LogP contribution < -0.4 is 10.6 Å². The Morgan fingerprint density at radius 2 is 1.69 bits per heavy atom. The van der Waals surface area contributed by atoms with Crippen molar-refractivity contribution >= 4 is 40.8 Å². The van der Waals surface area contributed by atoms with Crippen LogP contribution in [0.2, 0.25) is 5.02 Å². The molecule has 1 saturated heterocycles. The first kappa shape index (κ1) is 24.3. The van der Waals surface area contributed by atoms with Crippen molar-refractivity contribution in [1.82, 2.24) is 14.8 Å². The fourth-order valence-corrected chi connectivity index (χ4v) is 3.78. The zero-order chi connectivity index (χ0) is 24.9. The molecule has 180 valence electrons. The van der Waals surface area contributed by atoms with Gasteiger partial charge in [-0.1, -0.05) is 29.8 Å². The van der Waals surface area contributed by atoms with Crippen LogP contribution >= 0.6 is 11.6 Å². The number of likely N-dealkylation sites (N-methyl/N-ethyl adjacent to an activating group) is 1. The Labute approximate surface area is 207 Å². The minimum atomic E-state index is -0.744. The lowest BCUT2D eigenvalue weighted by Crippen LogP contribution is -2.47. The summed E-state index contributed by atoms with van der Waals surface area (Å²) in [4.78, 5) is 33.7. The molecule has 1 aliphatic heterocycles. The first-order chi connectivity index (χ1) is 16.8. The molecule has 3 N–H and O–H groups in total. The van der Waals surface area contributed by atoms with E-state index in [4.69, 9.17) is 17.0 Å². The number of benzene rings is 2. The molecular formula is C25H24ClFN6O2. The van der Waals surface area contributed by atoms with E-state index in [1.54, 1.807) is 36.4 Å². The molecule has 0 aliphatic carbocycles. The average Bonchev–Trinajstić information content (AvgIpc) is 2.85. The number of anilines is 2. The fourth-order valence-electron chi connectivity index (χ4n) is 3.67. The number of carbonyl (C=O) groups excluding carboxylic acids is 2. The van der Waals surface area contributed by atoms with Crippen LogP contribution in [0, 0.1) is 11.2 Å². The highest BCUT2D eigenvalue weighted by Crippen LogP contribution is 2.20. The predicted molar refractivity (Wildman–Crippen MR) is 134 cm³/mol. The number of hydrogen-bond acceptors (Lipinski definition) is 5. The lowest BCUT2D eigenvalue weighted by molar-refractivity contribution is 0.102. The Morgan fingerprint density at radius 3 is 2.37 bits per heavy atom. The molecule has 1 fully saturated rings. The molecule has 8 nitrogen and oxygen atoms in total. The molecule has 35 heavy (non-hydrogen) atoms. The van der Waals surface area contributed by atoms with E-state index >= 15 is 0 Å². The van der Waals surface area contributed by atoms with Gasteiger partial charge in [0.2, 0.25) is 0 Å². The molecule has 2 aromatic carbocycles. The zero-order valence-corrected chi connectivity index (χ0v) is 19.8. The van der Waals surface area contributed by atoms with Crippen LogP contribution in [0.25, 0.3) is 0 Å². The van der Waals surface area contributed by atoms with E-state index in [9.17, 15) is 14.0 Å². The first-order valence-corrected chi connectivity index (χ1v) is 11.3. The molecular weight excluding hydrogens is 471 g/mol. The highest BCUT2D eigenvalue weighted by atomic mass is 35.5. The second kappa shape index (κ2) is 10.6. The van der Waals surface area contributed by atoms with Crippen LogP contribution in [-0.2, 0) is 0 Å². The number of amidine groups is 1. The highest BCUT2D eigenvalue weighted by molar-refractivity contribution is 6.30. The Bertz CT molecular complexity index is 1260. The van der Waals surface area contributed by atoms with Gasteiger partial charge in [-0.15, -0.1) is 0 Å². The van der Waals surface area contributed by atoms with Gasteiger partial charge in [0.1, 0.15) is 17.5 Å². The van der Waals surface area contributed by atoms with Crippen molar-refractivity contribution in [3.05, 3.63) is 88.3 Å². The molecule has 0 radical (unpaired) electrons. The van der Waals surface area contributed by atoms with Gasteiger partial charge in [-0.25, -0.2) is 9.37 Å². The third kappa shape index (κ3) is 5.82. The van der Waals surface area contributed by atoms with Crippen molar-refractivity contribution in [2.24, 2.45) is 0 Å². The van der Waals surface area contributed by atoms with Gasteiger partial charge in [0.05, 0.1) is 21.8 Å². The highest BCUT2D eigenvalue weighted by Gasteiger charge is 2.21. The van der Waals surface area contributed by atoms with Crippen molar-refractivity contribution in [2.45, 2.75) is 0 Å². The topological polar surface area (TPSA) is 101 Å². The molecule has 0 unspecified atom stereocenters. The number of piperazine rings is 1. The number of nitrogens with zero attached hydrogens (tertiary/aromatic N) is 3. The number of aromatic nitrogens is 1. The van der Waals surface area contributed by atoms with Crippen LogP contribution in [0.1, 0.15) is 26.3 Å². The summed E-state index contributed by atoms with van der Waals surface area (Å²) in [5.74, 6) is -1.42. The van der Waals surface area contributed by atoms with Crippen LogP contribution in [0.15, 0.2) is 60.8 Å². The van der Waals surface area contributed by atoms with Crippen molar-refractivity contribution in [3.8, 4) is 0 Å². The predicted octanol–water partition coefficient (Wildman–Crippen LogP) is 3.95. The minimum Gasteiger partial charge on any atom is -0.354 e. The van der Waals surface area contributed by atoms with Gasteiger partial charge in [0.25, 0.3) is 11.8 Å². The van der Waals surface area contributed by atoms with Crippen molar-refractivity contribution in [3.63, 3.8) is 0 Å². The van der Waals surface area contributed by atoms with Gasteiger partial charge in [-0.05, 0) is 43.4 Å². The number of nitrogens with one attached hydrogen (secondary N) is 3. The third-order valence-electron chi connectivity index (χ3n) is 5.70. The van der Waals surface area contributed by atoms with E-state index < -0.39 is 17.6 Å². The summed E-state index contributed by atoms with van der Waals surface area (Å²) in [5, 5.41) is 14.1. The van der Waals surface area contributed by atoms with Gasteiger partial charge in [0.15, 0.2) is 0 Å². The second-order valence-electron chi connectivity index (χ2n) is 8.15. The van der Waals surface area contributed by atoms with Crippen LogP contribution in [0.5, 0.6) is 0 Å². The molecule has 2 heterocycles. The van der Waals surface area contributed by atoms with Gasteiger partial charge in [-0.2, -0.15) is 0 Å². The fraction of sp³-hybridized carbons (Fsp3) is 0.200. The molecule has 1 aliphatic rings.